The molecule has 0 aliphatic carbocycles. The van der Waals surface area contributed by atoms with E-state index in [2.05, 4.69) is 16.0 Å². The fraction of sp³-hybridized carbons (Fsp3) is 0.235. The van der Waals surface area contributed by atoms with Gasteiger partial charge in [-0.1, -0.05) is 6.07 Å². The van der Waals surface area contributed by atoms with Crippen molar-refractivity contribution in [2.75, 3.05) is 18.4 Å². The van der Waals surface area contributed by atoms with Gasteiger partial charge in [0.05, 0.1) is 6.26 Å². The summed E-state index contributed by atoms with van der Waals surface area (Å²) in [6.07, 6.45) is 1.52. The van der Waals surface area contributed by atoms with Crippen LogP contribution in [0.4, 0.5) is 5.69 Å². The number of rotatable bonds is 7. The van der Waals surface area contributed by atoms with Crippen molar-refractivity contribution in [1.29, 1.82) is 0 Å². The van der Waals surface area contributed by atoms with Crippen molar-refractivity contribution in [2.24, 2.45) is 0 Å². The van der Waals surface area contributed by atoms with Gasteiger partial charge < -0.3 is 20.4 Å². The average molecular weight is 329 g/mol. The molecule has 0 saturated carbocycles. The fourth-order valence-electron chi connectivity index (χ4n) is 2.01. The summed E-state index contributed by atoms with van der Waals surface area (Å²) >= 11 is 0. The first-order valence-electron chi connectivity index (χ1n) is 7.60. The van der Waals surface area contributed by atoms with Crippen molar-refractivity contribution >= 4 is 23.4 Å². The predicted octanol–water partition coefficient (Wildman–Crippen LogP) is 1.79. The average Bonchev–Trinajstić information content (AvgIpc) is 3.10. The number of hydrogen-bond donors (Lipinski definition) is 3. The molecular weight excluding hydrogens is 310 g/mol. The number of benzene rings is 1. The molecule has 0 bridgehead atoms. The predicted molar refractivity (Wildman–Crippen MR) is 88.7 cm³/mol. The molecule has 7 nitrogen and oxygen atoms in total. The number of carbonyl (C=O) groups is 3. The molecule has 1 aromatic carbocycles. The summed E-state index contributed by atoms with van der Waals surface area (Å²) < 4.78 is 4.95. The van der Waals surface area contributed by atoms with Crippen LogP contribution in [-0.4, -0.2) is 30.8 Å². The molecule has 7 heteroatoms. The molecule has 0 aliphatic heterocycles. The van der Waals surface area contributed by atoms with E-state index >= 15 is 0 Å². The van der Waals surface area contributed by atoms with Crippen molar-refractivity contribution in [1.82, 2.24) is 10.6 Å². The van der Waals surface area contributed by atoms with Crippen LogP contribution in [0.3, 0.4) is 0 Å². The second-order valence-electron chi connectivity index (χ2n) is 4.97. The lowest BCUT2D eigenvalue weighted by Crippen LogP contribution is -2.27. The van der Waals surface area contributed by atoms with Gasteiger partial charge in [-0.25, -0.2) is 0 Å². The molecule has 24 heavy (non-hydrogen) atoms. The number of carbonyl (C=O) groups excluding carboxylic acids is 3. The quantitative estimate of drug-likeness (QED) is 0.721. The highest BCUT2D eigenvalue weighted by Gasteiger charge is 2.10. The van der Waals surface area contributed by atoms with Gasteiger partial charge in [-0.3, -0.25) is 14.4 Å². The van der Waals surface area contributed by atoms with E-state index in [-0.39, 0.29) is 36.4 Å². The van der Waals surface area contributed by atoms with Crippen LogP contribution in [0, 0.1) is 0 Å². The van der Waals surface area contributed by atoms with E-state index < -0.39 is 0 Å². The summed E-state index contributed by atoms with van der Waals surface area (Å²) in [5.74, 6) is -0.627. The molecule has 3 amide bonds. The summed E-state index contributed by atoms with van der Waals surface area (Å²) in [7, 11) is 0. The van der Waals surface area contributed by atoms with E-state index in [1.165, 1.54) is 6.26 Å². The topological polar surface area (TPSA) is 100 Å². The Balaban J connectivity index is 1.81. The van der Waals surface area contributed by atoms with Crippen LogP contribution in [0.25, 0.3) is 0 Å². The number of hydrogen-bond acceptors (Lipinski definition) is 4. The van der Waals surface area contributed by atoms with Crippen LogP contribution >= 0.6 is 0 Å². The summed E-state index contributed by atoms with van der Waals surface area (Å²) in [5, 5.41) is 7.98. The minimum Gasteiger partial charge on any atom is -0.459 e. The minimum absolute atomic E-state index is 0.109. The van der Waals surface area contributed by atoms with Gasteiger partial charge in [-0.05, 0) is 37.3 Å². The zero-order valence-electron chi connectivity index (χ0n) is 13.3. The van der Waals surface area contributed by atoms with Gasteiger partial charge in [-0.15, -0.1) is 0 Å². The maximum atomic E-state index is 11.9. The number of furan rings is 1. The van der Waals surface area contributed by atoms with Crippen molar-refractivity contribution in [3.05, 3.63) is 54.0 Å². The van der Waals surface area contributed by atoms with Crippen molar-refractivity contribution < 1.29 is 18.8 Å². The van der Waals surface area contributed by atoms with E-state index in [0.29, 0.717) is 17.8 Å². The van der Waals surface area contributed by atoms with Crippen LogP contribution in [0.15, 0.2) is 47.1 Å². The van der Waals surface area contributed by atoms with Gasteiger partial charge in [-0.2, -0.15) is 0 Å². The third kappa shape index (κ3) is 4.98. The van der Waals surface area contributed by atoms with E-state index in [1.54, 1.807) is 36.4 Å². The molecule has 3 N–H and O–H groups in total. The molecular formula is C17H19N3O4. The van der Waals surface area contributed by atoms with Crippen molar-refractivity contribution in [3.8, 4) is 0 Å². The third-order valence-electron chi connectivity index (χ3n) is 3.13. The Morgan fingerprint density at radius 1 is 1.04 bits per heavy atom. The van der Waals surface area contributed by atoms with Gasteiger partial charge in [0.2, 0.25) is 5.91 Å². The largest absolute Gasteiger partial charge is 0.459 e. The van der Waals surface area contributed by atoms with Crippen LogP contribution in [0.5, 0.6) is 0 Å². The standard InChI is InChI=1S/C17H19N3O4/c1-2-18-16(22)12-5-3-6-13(11-12)20-15(21)8-9-19-17(23)14-7-4-10-24-14/h3-7,10-11H,2,8-9H2,1H3,(H,18,22)(H,19,23)(H,20,21). The fourth-order valence-corrected chi connectivity index (χ4v) is 2.01. The minimum atomic E-state index is -0.369. The normalized spacial score (nSPS) is 10.0. The molecule has 1 aromatic heterocycles. The lowest BCUT2D eigenvalue weighted by atomic mass is 10.2. The maximum absolute atomic E-state index is 11.9. The zero-order chi connectivity index (χ0) is 17.4. The summed E-state index contributed by atoms with van der Waals surface area (Å²) in [5.41, 5.74) is 1.00. The zero-order valence-corrected chi connectivity index (χ0v) is 13.3. The van der Waals surface area contributed by atoms with Gasteiger partial charge in [0, 0.05) is 30.8 Å². The number of anilines is 1. The Kier molecular flexibility index (Phi) is 6.13. The Morgan fingerprint density at radius 3 is 2.58 bits per heavy atom. The van der Waals surface area contributed by atoms with Crippen LogP contribution in [0.1, 0.15) is 34.3 Å². The molecule has 0 unspecified atom stereocenters. The SMILES string of the molecule is CCNC(=O)c1cccc(NC(=O)CCNC(=O)c2ccco2)c1. The Labute approximate surface area is 139 Å². The molecule has 0 fully saturated rings. The van der Waals surface area contributed by atoms with Gasteiger partial charge in [0.25, 0.3) is 11.8 Å². The summed E-state index contributed by atoms with van der Waals surface area (Å²) in [4.78, 5) is 35.3. The molecule has 1 heterocycles. The first-order chi connectivity index (χ1) is 11.6. The first kappa shape index (κ1) is 17.3. The van der Waals surface area contributed by atoms with E-state index in [1.807, 2.05) is 6.92 Å². The smallest absolute Gasteiger partial charge is 0.286 e. The summed E-state index contributed by atoms with van der Waals surface area (Å²) in [6, 6.07) is 9.82. The molecule has 126 valence electrons. The molecule has 2 aromatic rings. The summed E-state index contributed by atoms with van der Waals surface area (Å²) in [6.45, 7) is 2.55. The lowest BCUT2D eigenvalue weighted by molar-refractivity contribution is -0.116. The van der Waals surface area contributed by atoms with Crippen molar-refractivity contribution in [2.45, 2.75) is 13.3 Å². The monoisotopic (exact) mass is 329 g/mol. The highest BCUT2D eigenvalue weighted by Crippen LogP contribution is 2.11. The maximum Gasteiger partial charge on any atom is 0.286 e. The second kappa shape index (κ2) is 8.52. The van der Waals surface area contributed by atoms with E-state index in [4.69, 9.17) is 4.42 Å². The highest BCUT2D eigenvalue weighted by atomic mass is 16.3. The number of nitrogens with one attached hydrogen (secondary N) is 3. The molecule has 0 aliphatic rings. The number of amides is 3. The van der Waals surface area contributed by atoms with Crippen LogP contribution in [0.2, 0.25) is 0 Å². The first-order valence-corrected chi connectivity index (χ1v) is 7.60. The Morgan fingerprint density at radius 2 is 1.88 bits per heavy atom. The van der Waals surface area contributed by atoms with Crippen LogP contribution in [-0.2, 0) is 4.79 Å². The highest BCUT2D eigenvalue weighted by molar-refractivity contribution is 5.97. The van der Waals surface area contributed by atoms with Gasteiger partial charge in [0.15, 0.2) is 5.76 Å². The van der Waals surface area contributed by atoms with Crippen LogP contribution < -0.4 is 16.0 Å². The lowest BCUT2D eigenvalue weighted by Gasteiger charge is -2.08. The molecule has 2 rings (SSSR count). The second-order valence-corrected chi connectivity index (χ2v) is 4.97. The van der Waals surface area contributed by atoms with Gasteiger partial charge in [0.1, 0.15) is 0 Å². The Bertz CT molecular complexity index is 710. The third-order valence-corrected chi connectivity index (χ3v) is 3.13. The van der Waals surface area contributed by atoms with Gasteiger partial charge >= 0.3 is 0 Å². The van der Waals surface area contributed by atoms with Crippen molar-refractivity contribution in [3.63, 3.8) is 0 Å². The molecule has 0 spiro atoms. The molecule has 0 radical (unpaired) electrons. The van der Waals surface area contributed by atoms with E-state index in [0.717, 1.165) is 0 Å². The molecule has 0 atom stereocenters. The Hall–Kier alpha value is -3.09. The molecule has 0 saturated heterocycles. The van der Waals surface area contributed by atoms with E-state index in [9.17, 15) is 14.4 Å².